The molecule has 1 atom stereocenters. The van der Waals surface area contributed by atoms with E-state index in [1.54, 1.807) is 6.92 Å². The summed E-state index contributed by atoms with van der Waals surface area (Å²) < 4.78 is 0. The van der Waals surface area contributed by atoms with Crippen molar-refractivity contribution >= 4 is 23.5 Å². The number of nitrogens with one attached hydrogen (secondary N) is 2. The lowest BCUT2D eigenvalue weighted by atomic mass is 10.1. The molecule has 2 N–H and O–H groups in total. The van der Waals surface area contributed by atoms with Crippen molar-refractivity contribution in [1.29, 1.82) is 0 Å². The summed E-state index contributed by atoms with van der Waals surface area (Å²) in [6.45, 7) is 2.48. The topological polar surface area (TPSA) is 79.8 Å². The first-order valence-corrected chi connectivity index (χ1v) is 5.95. The number of amides is 1. The van der Waals surface area contributed by atoms with Crippen molar-refractivity contribution in [1.82, 2.24) is 20.5 Å². The van der Waals surface area contributed by atoms with E-state index in [1.807, 2.05) is 0 Å². The molecule has 6 nitrogen and oxygen atoms in total. The van der Waals surface area contributed by atoms with Crippen molar-refractivity contribution in [2.45, 2.75) is 32.2 Å². The quantitative estimate of drug-likeness (QED) is 0.821. The van der Waals surface area contributed by atoms with Crippen LogP contribution >= 0.6 is 11.6 Å². The Morgan fingerprint density at radius 1 is 1.41 bits per heavy atom. The molecule has 0 aliphatic carbocycles. The first kappa shape index (κ1) is 12.0. The maximum absolute atomic E-state index is 11.7. The van der Waals surface area contributed by atoms with Gasteiger partial charge in [-0.3, -0.25) is 4.79 Å². The highest BCUT2D eigenvalue weighted by molar-refractivity contribution is 6.29. The molecule has 1 saturated heterocycles. The average molecular weight is 256 g/mol. The molecule has 0 radical (unpaired) electrons. The van der Waals surface area contributed by atoms with E-state index in [9.17, 15) is 4.79 Å². The lowest BCUT2D eigenvalue weighted by molar-refractivity contribution is -0.121. The summed E-state index contributed by atoms with van der Waals surface area (Å²) >= 11 is 5.74. The largest absolute Gasteiger partial charge is 0.354 e. The van der Waals surface area contributed by atoms with Crippen LogP contribution in [0.15, 0.2) is 0 Å². The maximum Gasteiger partial charge on any atom is 0.243 e. The van der Waals surface area contributed by atoms with Crippen LogP contribution in [0.1, 0.15) is 25.0 Å². The monoisotopic (exact) mass is 255 g/mol. The minimum absolute atomic E-state index is 0.0151. The fraction of sp³-hybridized carbons (Fsp3) is 0.600. The van der Waals surface area contributed by atoms with Gasteiger partial charge in [0.1, 0.15) is 6.04 Å². The Hall–Kier alpha value is -1.43. The SMILES string of the molecule is Cc1nc(N[C@@H]2CCCCNC2=O)nnc1Cl. The number of halogens is 1. The summed E-state index contributed by atoms with van der Waals surface area (Å²) in [6, 6.07) is -0.292. The highest BCUT2D eigenvalue weighted by Crippen LogP contribution is 2.12. The van der Waals surface area contributed by atoms with E-state index in [0.717, 1.165) is 25.8 Å². The van der Waals surface area contributed by atoms with E-state index >= 15 is 0 Å². The first-order chi connectivity index (χ1) is 8.16. The van der Waals surface area contributed by atoms with Gasteiger partial charge < -0.3 is 10.6 Å². The Balaban J connectivity index is 2.08. The lowest BCUT2D eigenvalue weighted by Crippen LogP contribution is -2.38. The molecule has 92 valence electrons. The smallest absolute Gasteiger partial charge is 0.243 e. The van der Waals surface area contributed by atoms with Crippen LogP contribution in [0.2, 0.25) is 5.15 Å². The fourth-order valence-electron chi connectivity index (χ4n) is 1.69. The number of nitrogens with zero attached hydrogens (tertiary/aromatic N) is 3. The molecule has 1 aliphatic heterocycles. The Morgan fingerprint density at radius 3 is 3.00 bits per heavy atom. The third kappa shape index (κ3) is 3.03. The van der Waals surface area contributed by atoms with Crippen LogP contribution in [0.5, 0.6) is 0 Å². The van der Waals surface area contributed by atoms with Crippen LogP contribution in [-0.2, 0) is 4.79 Å². The van der Waals surface area contributed by atoms with E-state index < -0.39 is 0 Å². The molecule has 1 amide bonds. The summed E-state index contributed by atoms with van der Waals surface area (Å²) in [5.74, 6) is 0.327. The maximum atomic E-state index is 11.7. The van der Waals surface area contributed by atoms with Gasteiger partial charge in [-0.05, 0) is 26.2 Å². The molecule has 1 aromatic heterocycles. The molecule has 1 aliphatic rings. The normalized spacial score (nSPS) is 20.6. The standard InChI is InChI=1S/C10H14ClN5O/c1-6-8(11)15-16-10(13-6)14-7-4-2-3-5-12-9(7)17/h7H,2-5H2,1H3,(H,12,17)(H,13,14,16)/t7-/m1/s1. The van der Waals surface area contributed by atoms with E-state index in [2.05, 4.69) is 25.8 Å². The van der Waals surface area contributed by atoms with Gasteiger partial charge in [-0.2, -0.15) is 0 Å². The second-order valence-electron chi connectivity index (χ2n) is 4.00. The first-order valence-electron chi connectivity index (χ1n) is 5.58. The minimum Gasteiger partial charge on any atom is -0.354 e. The van der Waals surface area contributed by atoms with Gasteiger partial charge >= 0.3 is 0 Å². The summed E-state index contributed by atoms with van der Waals surface area (Å²) in [6.07, 6.45) is 2.77. The number of rotatable bonds is 2. The van der Waals surface area contributed by atoms with E-state index in [0.29, 0.717) is 11.6 Å². The zero-order chi connectivity index (χ0) is 12.3. The minimum atomic E-state index is -0.292. The van der Waals surface area contributed by atoms with Crippen molar-refractivity contribution < 1.29 is 4.79 Å². The van der Waals surface area contributed by atoms with Crippen LogP contribution in [0.25, 0.3) is 0 Å². The molecule has 0 aromatic carbocycles. The van der Waals surface area contributed by atoms with Gasteiger partial charge in [-0.1, -0.05) is 11.6 Å². The molecular formula is C10H14ClN5O. The van der Waals surface area contributed by atoms with Crippen LogP contribution in [0.3, 0.4) is 0 Å². The van der Waals surface area contributed by atoms with E-state index in [1.165, 1.54) is 0 Å². The van der Waals surface area contributed by atoms with Gasteiger partial charge in [0.15, 0.2) is 5.15 Å². The predicted molar refractivity (Wildman–Crippen MR) is 63.8 cm³/mol. The van der Waals surface area contributed by atoms with Crippen molar-refractivity contribution in [3.63, 3.8) is 0 Å². The molecule has 0 unspecified atom stereocenters. The fourth-order valence-corrected chi connectivity index (χ4v) is 1.77. The zero-order valence-corrected chi connectivity index (χ0v) is 10.3. The van der Waals surface area contributed by atoms with Crippen molar-refractivity contribution in [2.24, 2.45) is 0 Å². The number of hydrogen-bond donors (Lipinski definition) is 2. The van der Waals surface area contributed by atoms with E-state index in [4.69, 9.17) is 11.6 Å². The summed E-state index contributed by atoms with van der Waals surface area (Å²) in [4.78, 5) is 15.8. The highest BCUT2D eigenvalue weighted by Gasteiger charge is 2.21. The summed E-state index contributed by atoms with van der Waals surface area (Å²) in [7, 11) is 0. The number of carbonyl (C=O) groups excluding carboxylic acids is 1. The summed E-state index contributed by atoms with van der Waals surface area (Å²) in [5.41, 5.74) is 0.596. The van der Waals surface area contributed by atoms with E-state index in [-0.39, 0.29) is 17.1 Å². The number of carbonyl (C=O) groups is 1. The third-order valence-electron chi connectivity index (χ3n) is 2.64. The van der Waals surface area contributed by atoms with Gasteiger partial charge in [-0.15, -0.1) is 10.2 Å². The lowest BCUT2D eigenvalue weighted by Gasteiger charge is -2.14. The van der Waals surface area contributed by atoms with Gasteiger partial charge in [0.25, 0.3) is 0 Å². The van der Waals surface area contributed by atoms with Crippen LogP contribution in [0, 0.1) is 6.92 Å². The van der Waals surface area contributed by atoms with Crippen LogP contribution < -0.4 is 10.6 Å². The number of aryl methyl sites for hydroxylation is 1. The second-order valence-corrected chi connectivity index (χ2v) is 4.35. The molecule has 1 aromatic rings. The van der Waals surface area contributed by atoms with Crippen molar-refractivity contribution in [2.75, 3.05) is 11.9 Å². The number of anilines is 1. The Kier molecular flexibility index (Phi) is 3.73. The molecule has 0 saturated carbocycles. The van der Waals surface area contributed by atoms with Crippen molar-refractivity contribution in [3.8, 4) is 0 Å². The molecule has 0 bridgehead atoms. The summed E-state index contributed by atoms with van der Waals surface area (Å²) in [5, 5.41) is 13.7. The molecule has 1 fully saturated rings. The molecule has 2 rings (SSSR count). The van der Waals surface area contributed by atoms with Gasteiger partial charge in [-0.25, -0.2) is 4.98 Å². The Morgan fingerprint density at radius 2 is 2.24 bits per heavy atom. The second kappa shape index (κ2) is 5.27. The molecule has 2 heterocycles. The van der Waals surface area contributed by atoms with Gasteiger partial charge in [0.05, 0.1) is 5.69 Å². The zero-order valence-electron chi connectivity index (χ0n) is 9.53. The highest BCUT2D eigenvalue weighted by atomic mass is 35.5. The third-order valence-corrected chi connectivity index (χ3v) is 2.99. The molecule has 0 spiro atoms. The number of aromatic nitrogens is 3. The molecule has 7 heteroatoms. The Bertz CT molecular complexity index is 425. The van der Waals surface area contributed by atoms with Crippen LogP contribution in [-0.4, -0.2) is 33.7 Å². The Labute approximate surface area is 104 Å². The van der Waals surface area contributed by atoms with Gasteiger partial charge in [0.2, 0.25) is 11.9 Å². The number of hydrogen-bond acceptors (Lipinski definition) is 5. The van der Waals surface area contributed by atoms with Gasteiger partial charge in [0, 0.05) is 6.54 Å². The molecule has 17 heavy (non-hydrogen) atoms. The predicted octanol–water partition coefficient (Wildman–Crippen LogP) is 0.914. The van der Waals surface area contributed by atoms with Crippen molar-refractivity contribution in [3.05, 3.63) is 10.8 Å². The van der Waals surface area contributed by atoms with Crippen LogP contribution in [0.4, 0.5) is 5.95 Å². The average Bonchev–Trinajstić information content (AvgIpc) is 2.50. The molecular weight excluding hydrogens is 242 g/mol.